The summed E-state index contributed by atoms with van der Waals surface area (Å²) in [7, 11) is 2.90. The van der Waals surface area contributed by atoms with E-state index in [9.17, 15) is 13.2 Å². The van der Waals surface area contributed by atoms with E-state index >= 15 is 0 Å². The van der Waals surface area contributed by atoms with Gasteiger partial charge >= 0.3 is 6.18 Å². The highest BCUT2D eigenvalue weighted by Crippen LogP contribution is 2.19. The summed E-state index contributed by atoms with van der Waals surface area (Å²) in [4.78, 5) is 4.80. The Balaban J connectivity index is 3.80. The van der Waals surface area contributed by atoms with Gasteiger partial charge in [-0.05, 0) is 0 Å². The Labute approximate surface area is 69.1 Å². The van der Waals surface area contributed by atoms with Crippen LogP contribution in [0.5, 0.6) is 0 Å². The van der Waals surface area contributed by atoms with Crippen LogP contribution in [0.25, 0.3) is 0 Å². The SMILES string of the molecule is CN=C(N)N(C)CCC(F)(F)F. The lowest BCUT2D eigenvalue weighted by molar-refractivity contribution is -0.135. The smallest absolute Gasteiger partial charge is 0.370 e. The van der Waals surface area contributed by atoms with Crippen LogP contribution in [0.2, 0.25) is 0 Å². The largest absolute Gasteiger partial charge is 0.390 e. The summed E-state index contributed by atoms with van der Waals surface area (Å²) in [5.74, 6) is 0.110. The van der Waals surface area contributed by atoms with Gasteiger partial charge in [0.25, 0.3) is 0 Å². The highest BCUT2D eigenvalue weighted by molar-refractivity contribution is 5.77. The molecule has 0 aliphatic rings. The van der Waals surface area contributed by atoms with Crippen LogP contribution in [-0.2, 0) is 0 Å². The van der Waals surface area contributed by atoms with Gasteiger partial charge in [0.1, 0.15) is 0 Å². The third kappa shape index (κ3) is 4.81. The maximum absolute atomic E-state index is 11.7. The predicted octanol–water partition coefficient (Wildman–Crippen LogP) is 0.815. The number of halogens is 3. The fourth-order valence-electron chi connectivity index (χ4n) is 0.580. The van der Waals surface area contributed by atoms with Crippen molar-refractivity contribution in [2.45, 2.75) is 12.6 Å². The van der Waals surface area contributed by atoms with E-state index in [-0.39, 0.29) is 12.5 Å². The standard InChI is InChI=1S/C6H12F3N3/c1-11-5(10)12(2)4-3-6(7,8)9/h3-4H2,1-2H3,(H2,10,11). The van der Waals surface area contributed by atoms with Crippen LogP contribution in [0.3, 0.4) is 0 Å². The molecule has 0 amide bonds. The van der Waals surface area contributed by atoms with Gasteiger partial charge in [-0.15, -0.1) is 0 Å². The molecule has 0 aliphatic carbocycles. The van der Waals surface area contributed by atoms with Gasteiger partial charge in [0.15, 0.2) is 5.96 Å². The number of aliphatic imine (C=N–C) groups is 1. The van der Waals surface area contributed by atoms with Gasteiger partial charge < -0.3 is 10.6 Å². The van der Waals surface area contributed by atoms with Crippen LogP contribution in [0, 0.1) is 0 Å². The quantitative estimate of drug-likeness (QED) is 0.508. The molecular formula is C6H12F3N3. The topological polar surface area (TPSA) is 41.6 Å². The Bertz CT molecular complexity index is 164. The summed E-state index contributed by atoms with van der Waals surface area (Å²) in [5, 5.41) is 0. The highest BCUT2D eigenvalue weighted by Gasteiger charge is 2.27. The molecule has 0 aliphatic heterocycles. The third-order valence-electron chi connectivity index (χ3n) is 1.35. The molecule has 0 radical (unpaired) electrons. The number of nitrogens with two attached hydrogens (primary N) is 1. The number of hydrogen-bond donors (Lipinski definition) is 1. The lowest BCUT2D eigenvalue weighted by atomic mass is 10.4. The molecule has 72 valence electrons. The first-order valence-electron chi connectivity index (χ1n) is 3.37. The average Bonchev–Trinajstić information content (AvgIpc) is 1.97. The van der Waals surface area contributed by atoms with Crippen LogP contribution in [0.1, 0.15) is 6.42 Å². The first-order valence-corrected chi connectivity index (χ1v) is 3.37. The molecule has 0 aromatic carbocycles. The maximum Gasteiger partial charge on any atom is 0.390 e. The monoisotopic (exact) mass is 183 g/mol. The van der Waals surface area contributed by atoms with Crippen LogP contribution in [0.4, 0.5) is 13.2 Å². The van der Waals surface area contributed by atoms with E-state index in [1.807, 2.05) is 0 Å². The summed E-state index contributed by atoms with van der Waals surface area (Å²) < 4.78 is 35.0. The Hall–Kier alpha value is -0.940. The van der Waals surface area contributed by atoms with Gasteiger partial charge in [-0.2, -0.15) is 13.2 Å². The molecule has 0 aromatic heterocycles. The van der Waals surface area contributed by atoms with Gasteiger partial charge in [-0.1, -0.05) is 0 Å². The van der Waals surface area contributed by atoms with Gasteiger partial charge in [0.05, 0.1) is 6.42 Å². The van der Waals surface area contributed by atoms with Gasteiger partial charge in [-0.25, -0.2) is 0 Å². The molecule has 0 unspecified atom stereocenters. The Morgan fingerprint density at radius 2 is 2.00 bits per heavy atom. The molecule has 3 nitrogen and oxygen atoms in total. The molecule has 0 rings (SSSR count). The second-order valence-electron chi connectivity index (χ2n) is 2.37. The fourth-order valence-corrected chi connectivity index (χ4v) is 0.580. The van der Waals surface area contributed by atoms with E-state index in [4.69, 9.17) is 5.73 Å². The molecule has 6 heteroatoms. The van der Waals surface area contributed by atoms with Crippen molar-refractivity contribution in [2.75, 3.05) is 20.6 Å². The summed E-state index contributed by atoms with van der Waals surface area (Å²) in [6, 6.07) is 0. The second-order valence-corrected chi connectivity index (χ2v) is 2.37. The van der Waals surface area contributed by atoms with Crippen molar-refractivity contribution in [1.82, 2.24) is 4.90 Å². The number of nitrogens with zero attached hydrogens (tertiary/aromatic N) is 2. The van der Waals surface area contributed by atoms with Crippen molar-refractivity contribution in [3.05, 3.63) is 0 Å². The Kier molecular flexibility index (Phi) is 3.85. The second kappa shape index (κ2) is 4.18. The Morgan fingerprint density at radius 3 is 2.33 bits per heavy atom. The lowest BCUT2D eigenvalue weighted by Gasteiger charge is -2.18. The third-order valence-corrected chi connectivity index (χ3v) is 1.35. The van der Waals surface area contributed by atoms with Crippen LogP contribution in [0.15, 0.2) is 4.99 Å². The van der Waals surface area contributed by atoms with Crippen LogP contribution < -0.4 is 5.73 Å². The molecule has 0 bridgehead atoms. The zero-order valence-electron chi connectivity index (χ0n) is 7.02. The number of rotatable bonds is 2. The normalized spacial score (nSPS) is 13.2. The lowest BCUT2D eigenvalue weighted by Crippen LogP contribution is -2.36. The zero-order chi connectivity index (χ0) is 9.78. The predicted molar refractivity (Wildman–Crippen MR) is 40.8 cm³/mol. The van der Waals surface area contributed by atoms with E-state index in [2.05, 4.69) is 4.99 Å². The molecule has 0 atom stereocenters. The molecule has 2 N–H and O–H groups in total. The first-order chi connectivity index (χ1) is 5.37. The number of hydrogen-bond acceptors (Lipinski definition) is 1. The van der Waals surface area contributed by atoms with Crippen LogP contribution >= 0.6 is 0 Å². The van der Waals surface area contributed by atoms with Crippen molar-refractivity contribution < 1.29 is 13.2 Å². The molecule has 0 fully saturated rings. The molecule has 0 aromatic rings. The van der Waals surface area contributed by atoms with Crippen molar-refractivity contribution in [2.24, 2.45) is 10.7 Å². The van der Waals surface area contributed by atoms with Crippen molar-refractivity contribution in [3.63, 3.8) is 0 Å². The van der Waals surface area contributed by atoms with E-state index in [1.165, 1.54) is 19.0 Å². The molecule has 0 saturated carbocycles. The minimum absolute atomic E-state index is 0.110. The molecular weight excluding hydrogens is 171 g/mol. The first kappa shape index (κ1) is 11.1. The van der Waals surface area contributed by atoms with Crippen molar-refractivity contribution >= 4 is 5.96 Å². The van der Waals surface area contributed by atoms with Crippen LogP contribution in [-0.4, -0.2) is 37.7 Å². The fraction of sp³-hybridized carbons (Fsp3) is 0.833. The van der Waals surface area contributed by atoms with E-state index in [0.717, 1.165) is 0 Å². The molecule has 12 heavy (non-hydrogen) atoms. The summed E-state index contributed by atoms with van der Waals surface area (Å²) >= 11 is 0. The molecule has 0 heterocycles. The molecule has 0 saturated heterocycles. The number of guanidine groups is 1. The summed E-state index contributed by atoms with van der Waals surface area (Å²) in [6.07, 6.45) is -5.01. The minimum Gasteiger partial charge on any atom is -0.370 e. The van der Waals surface area contributed by atoms with E-state index in [0.29, 0.717) is 0 Å². The minimum atomic E-state index is -4.14. The van der Waals surface area contributed by atoms with Gasteiger partial charge in [-0.3, -0.25) is 4.99 Å². The van der Waals surface area contributed by atoms with Crippen molar-refractivity contribution in [1.29, 1.82) is 0 Å². The van der Waals surface area contributed by atoms with E-state index < -0.39 is 12.6 Å². The van der Waals surface area contributed by atoms with Crippen molar-refractivity contribution in [3.8, 4) is 0 Å². The van der Waals surface area contributed by atoms with Gasteiger partial charge in [0, 0.05) is 20.6 Å². The Morgan fingerprint density at radius 1 is 1.50 bits per heavy atom. The maximum atomic E-state index is 11.7. The zero-order valence-corrected chi connectivity index (χ0v) is 7.02. The average molecular weight is 183 g/mol. The van der Waals surface area contributed by atoms with Gasteiger partial charge in [0.2, 0.25) is 0 Å². The van der Waals surface area contributed by atoms with E-state index in [1.54, 1.807) is 0 Å². The summed E-state index contributed by atoms with van der Waals surface area (Å²) in [5.41, 5.74) is 5.25. The number of alkyl halides is 3. The highest BCUT2D eigenvalue weighted by atomic mass is 19.4. The molecule has 0 spiro atoms. The summed E-state index contributed by atoms with van der Waals surface area (Å²) in [6.45, 7) is -0.160.